The maximum atomic E-state index is 9.79. The Morgan fingerprint density at radius 3 is 2.18 bits per heavy atom. The van der Waals surface area contributed by atoms with Crippen LogP contribution in [0.2, 0.25) is 0 Å². The summed E-state index contributed by atoms with van der Waals surface area (Å²) in [7, 11) is -1.47. The van der Waals surface area contributed by atoms with Crippen LogP contribution in [0.3, 0.4) is 0 Å². The van der Waals surface area contributed by atoms with Gasteiger partial charge in [-0.25, -0.2) is 0 Å². The molecule has 0 saturated carbocycles. The van der Waals surface area contributed by atoms with Crippen molar-refractivity contribution in [1.29, 1.82) is 0 Å². The molecular formula is C19H17BO2. The highest BCUT2D eigenvalue weighted by Gasteiger charge is 2.37. The lowest BCUT2D eigenvalue weighted by Gasteiger charge is -2.23. The Morgan fingerprint density at radius 1 is 0.818 bits per heavy atom. The van der Waals surface area contributed by atoms with Crippen molar-refractivity contribution in [3.63, 3.8) is 0 Å². The average Bonchev–Trinajstić information content (AvgIpc) is 2.75. The molecule has 0 atom stereocenters. The first-order valence-corrected chi connectivity index (χ1v) is 7.54. The highest BCUT2D eigenvalue weighted by atomic mass is 16.4. The minimum absolute atomic E-state index is 0.0928. The van der Waals surface area contributed by atoms with Crippen molar-refractivity contribution in [2.24, 2.45) is 0 Å². The van der Waals surface area contributed by atoms with E-state index in [-0.39, 0.29) is 5.41 Å². The van der Waals surface area contributed by atoms with Gasteiger partial charge in [0, 0.05) is 5.41 Å². The molecule has 2 nitrogen and oxygen atoms in total. The van der Waals surface area contributed by atoms with Crippen LogP contribution in [0.15, 0.2) is 54.6 Å². The SMILES string of the molecule is CC1(C)c2ccccc2-c2cc(B(O)O)c3ccccc3c21. The largest absolute Gasteiger partial charge is 0.489 e. The van der Waals surface area contributed by atoms with Gasteiger partial charge in [-0.2, -0.15) is 0 Å². The lowest BCUT2D eigenvalue weighted by Crippen LogP contribution is -2.31. The van der Waals surface area contributed by atoms with Crippen LogP contribution in [0, 0.1) is 0 Å². The summed E-state index contributed by atoms with van der Waals surface area (Å²) in [4.78, 5) is 0. The molecule has 2 N–H and O–H groups in total. The third kappa shape index (κ3) is 1.64. The minimum Gasteiger partial charge on any atom is -0.423 e. The molecule has 1 aliphatic carbocycles. The van der Waals surface area contributed by atoms with Gasteiger partial charge in [-0.05, 0) is 38.5 Å². The van der Waals surface area contributed by atoms with Crippen LogP contribution in [-0.4, -0.2) is 17.2 Å². The summed E-state index contributed by atoms with van der Waals surface area (Å²) in [5.41, 5.74) is 5.35. The summed E-state index contributed by atoms with van der Waals surface area (Å²) in [5, 5.41) is 21.6. The Bertz CT molecular complexity index is 897. The predicted molar refractivity (Wildman–Crippen MR) is 91.3 cm³/mol. The van der Waals surface area contributed by atoms with Crippen LogP contribution >= 0.6 is 0 Å². The maximum Gasteiger partial charge on any atom is 0.489 e. The minimum atomic E-state index is -1.47. The molecule has 0 fully saturated rings. The molecular weight excluding hydrogens is 271 g/mol. The molecule has 0 bridgehead atoms. The highest BCUT2D eigenvalue weighted by molar-refractivity contribution is 6.62. The summed E-state index contributed by atoms with van der Waals surface area (Å²) >= 11 is 0. The molecule has 0 amide bonds. The van der Waals surface area contributed by atoms with E-state index in [1.54, 1.807) is 0 Å². The van der Waals surface area contributed by atoms with Gasteiger partial charge in [0.15, 0.2) is 0 Å². The van der Waals surface area contributed by atoms with E-state index in [1.165, 1.54) is 16.7 Å². The second-order valence-electron chi connectivity index (χ2n) is 6.48. The standard InChI is InChI=1S/C19H17BO2/c1-19(2)16-10-6-5-7-12(16)15-11-17(20(21)22)13-8-3-4-9-14(13)18(15)19/h3-11,21-22H,1-2H3. The molecule has 0 aromatic heterocycles. The van der Waals surface area contributed by atoms with Crippen LogP contribution in [0.5, 0.6) is 0 Å². The van der Waals surface area contributed by atoms with Crippen molar-refractivity contribution >= 4 is 23.4 Å². The van der Waals surface area contributed by atoms with Gasteiger partial charge in [0.05, 0.1) is 0 Å². The lowest BCUT2D eigenvalue weighted by atomic mass is 9.73. The van der Waals surface area contributed by atoms with E-state index in [1.807, 2.05) is 30.3 Å². The fraction of sp³-hybridized carbons (Fsp3) is 0.158. The topological polar surface area (TPSA) is 40.5 Å². The first-order chi connectivity index (χ1) is 10.5. The Kier molecular flexibility index (Phi) is 2.74. The fourth-order valence-corrected chi connectivity index (χ4v) is 3.90. The summed E-state index contributed by atoms with van der Waals surface area (Å²) in [6.07, 6.45) is 0. The van der Waals surface area contributed by atoms with E-state index in [2.05, 4.69) is 38.1 Å². The molecule has 108 valence electrons. The Morgan fingerprint density at radius 2 is 1.45 bits per heavy atom. The number of benzene rings is 3. The molecule has 0 unspecified atom stereocenters. The predicted octanol–water partition coefficient (Wildman–Crippen LogP) is 2.83. The van der Waals surface area contributed by atoms with E-state index in [4.69, 9.17) is 0 Å². The van der Waals surface area contributed by atoms with Gasteiger partial charge in [0.25, 0.3) is 0 Å². The van der Waals surface area contributed by atoms with Crippen molar-refractivity contribution in [2.75, 3.05) is 0 Å². The van der Waals surface area contributed by atoms with Crippen molar-refractivity contribution in [3.8, 4) is 11.1 Å². The van der Waals surface area contributed by atoms with Gasteiger partial charge in [-0.15, -0.1) is 0 Å². The first kappa shape index (κ1) is 13.6. The molecule has 3 aromatic carbocycles. The molecule has 3 aromatic rings. The van der Waals surface area contributed by atoms with Crippen molar-refractivity contribution in [3.05, 3.63) is 65.7 Å². The van der Waals surface area contributed by atoms with E-state index in [9.17, 15) is 10.0 Å². The summed E-state index contributed by atoms with van der Waals surface area (Å²) < 4.78 is 0. The zero-order chi connectivity index (χ0) is 15.5. The lowest BCUT2D eigenvalue weighted by molar-refractivity contribution is 0.426. The second kappa shape index (κ2) is 4.45. The number of hydrogen-bond acceptors (Lipinski definition) is 2. The molecule has 22 heavy (non-hydrogen) atoms. The molecule has 1 aliphatic rings. The molecule has 3 heteroatoms. The Hall–Kier alpha value is -2.10. The third-order valence-electron chi connectivity index (χ3n) is 4.87. The molecule has 0 heterocycles. The van der Waals surface area contributed by atoms with Crippen LogP contribution in [-0.2, 0) is 5.41 Å². The monoisotopic (exact) mass is 288 g/mol. The average molecular weight is 288 g/mol. The molecule has 0 aliphatic heterocycles. The fourth-order valence-electron chi connectivity index (χ4n) is 3.90. The maximum absolute atomic E-state index is 9.79. The highest BCUT2D eigenvalue weighted by Crippen LogP contribution is 2.50. The first-order valence-electron chi connectivity index (χ1n) is 7.54. The van der Waals surface area contributed by atoms with Gasteiger partial charge < -0.3 is 10.0 Å². The van der Waals surface area contributed by atoms with Crippen molar-refractivity contribution in [2.45, 2.75) is 19.3 Å². The summed E-state index contributed by atoms with van der Waals surface area (Å²) in [6.45, 7) is 4.47. The third-order valence-corrected chi connectivity index (χ3v) is 4.87. The van der Waals surface area contributed by atoms with E-state index in [0.29, 0.717) is 5.46 Å². The number of rotatable bonds is 1. The van der Waals surface area contributed by atoms with Crippen LogP contribution in [0.25, 0.3) is 21.9 Å². The smallest absolute Gasteiger partial charge is 0.423 e. The normalized spacial score (nSPS) is 14.7. The molecule has 0 radical (unpaired) electrons. The van der Waals surface area contributed by atoms with Crippen molar-refractivity contribution < 1.29 is 10.0 Å². The van der Waals surface area contributed by atoms with Gasteiger partial charge in [-0.1, -0.05) is 68.4 Å². The zero-order valence-corrected chi connectivity index (χ0v) is 12.7. The quantitative estimate of drug-likeness (QED) is 0.676. The van der Waals surface area contributed by atoms with Crippen molar-refractivity contribution in [1.82, 2.24) is 0 Å². The van der Waals surface area contributed by atoms with Gasteiger partial charge in [-0.3, -0.25) is 0 Å². The number of fused-ring (bicyclic) bond motifs is 5. The number of hydrogen-bond donors (Lipinski definition) is 2. The summed E-state index contributed by atoms with van der Waals surface area (Å²) in [5.74, 6) is 0. The van der Waals surface area contributed by atoms with Gasteiger partial charge in [0.1, 0.15) is 0 Å². The van der Waals surface area contributed by atoms with E-state index in [0.717, 1.165) is 16.3 Å². The molecule has 4 rings (SSSR count). The van der Waals surface area contributed by atoms with Gasteiger partial charge >= 0.3 is 7.12 Å². The van der Waals surface area contributed by atoms with Gasteiger partial charge in [0.2, 0.25) is 0 Å². The van der Waals surface area contributed by atoms with E-state index >= 15 is 0 Å². The van der Waals surface area contributed by atoms with Crippen LogP contribution in [0.4, 0.5) is 0 Å². The molecule has 0 saturated heterocycles. The Labute approximate surface area is 130 Å². The Balaban J connectivity index is 2.20. The van der Waals surface area contributed by atoms with E-state index < -0.39 is 7.12 Å². The molecule has 0 spiro atoms. The summed E-state index contributed by atoms with van der Waals surface area (Å²) in [6, 6.07) is 18.3. The zero-order valence-electron chi connectivity index (χ0n) is 12.7. The second-order valence-corrected chi connectivity index (χ2v) is 6.48. The van der Waals surface area contributed by atoms with Crippen LogP contribution < -0.4 is 5.46 Å². The van der Waals surface area contributed by atoms with Crippen LogP contribution in [0.1, 0.15) is 25.0 Å².